The minimum Gasteiger partial charge on any atom is -0.481 e. The molecule has 0 heterocycles. The van der Waals surface area contributed by atoms with Crippen LogP contribution in [0.5, 0.6) is 0 Å². The van der Waals surface area contributed by atoms with E-state index in [0.29, 0.717) is 0 Å². The monoisotopic (exact) mass is 168 g/mol. The molecule has 5 nitrogen and oxygen atoms in total. The molecule has 0 radical (unpaired) electrons. The first-order chi connectivity index (χ1) is 5.00. The van der Waals surface area contributed by atoms with Crippen molar-refractivity contribution >= 4 is 5.97 Å². The van der Waals surface area contributed by atoms with E-state index in [9.17, 15) is 0 Å². The van der Waals surface area contributed by atoms with Gasteiger partial charge in [-0.25, -0.2) is 0 Å². The summed E-state index contributed by atoms with van der Waals surface area (Å²) in [6, 6.07) is 0. The molecule has 11 heavy (non-hydrogen) atoms. The van der Waals surface area contributed by atoms with Crippen LogP contribution in [-0.4, -0.2) is 46.2 Å². The van der Waals surface area contributed by atoms with E-state index in [4.69, 9.17) is 25.2 Å². The van der Waals surface area contributed by atoms with Crippen molar-refractivity contribution in [2.24, 2.45) is 0 Å². The molecule has 1 atom stereocenters. The van der Waals surface area contributed by atoms with Gasteiger partial charge in [0, 0.05) is 14.0 Å². The molecule has 0 saturated carbocycles. The normalized spacial score (nSPS) is 9.64. The molecule has 0 aromatic heterocycles. The Morgan fingerprint density at radius 3 is 1.55 bits per heavy atom. The van der Waals surface area contributed by atoms with Crippen molar-refractivity contribution in [2.75, 3.05) is 13.7 Å². The second kappa shape index (κ2) is 16.2. The molecule has 0 amide bonds. The van der Waals surface area contributed by atoms with Gasteiger partial charge in [-0.15, -0.1) is 0 Å². The summed E-state index contributed by atoms with van der Waals surface area (Å²) in [5.74, 6) is -0.833. The summed E-state index contributed by atoms with van der Waals surface area (Å²) in [6.07, 6.45) is -0.560. The average Bonchev–Trinajstić information content (AvgIpc) is 1.91. The Morgan fingerprint density at radius 2 is 1.55 bits per heavy atom. The van der Waals surface area contributed by atoms with Crippen LogP contribution in [0.2, 0.25) is 0 Å². The first-order valence-corrected chi connectivity index (χ1v) is 2.93. The van der Waals surface area contributed by atoms with Crippen molar-refractivity contribution in [3.05, 3.63) is 0 Å². The lowest BCUT2D eigenvalue weighted by Gasteiger charge is -1.90. The number of aliphatic carboxylic acids is 1. The molecule has 0 spiro atoms. The lowest BCUT2D eigenvalue weighted by molar-refractivity contribution is -0.134. The largest absolute Gasteiger partial charge is 0.481 e. The number of hydrogen-bond acceptors (Lipinski definition) is 4. The number of aliphatic hydroxyl groups is 3. The van der Waals surface area contributed by atoms with Crippen LogP contribution in [-0.2, 0) is 4.79 Å². The molecular weight excluding hydrogens is 152 g/mol. The lowest BCUT2D eigenvalue weighted by Crippen LogP contribution is -2.03. The molecule has 0 saturated heterocycles. The van der Waals surface area contributed by atoms with Gasteiger partial charge in [0.25, 0.3) is 5.97 Å². The minimum absolute atomic E-state index is 0.139. The van der Waals surface area contributed by atoms with Gasteiger partial charge in [-0.1, -0.05) is 0 Å². The second-order valence-corrected chi connectivity index (χ2v) is 1.55. The van der Waals surface area contributed by atoms with Crippen molar-refractivity contribution in [3.8, 4) is 0 Å². The van der Waals surface area contributed by atoms with E-state index in [2.05, 4.69) is 0 Å². The Kier molecular flexibility index (Phi) is 24.6. The number of rotatable bonds is 1. The zero-order valence-electron chi connectivity index (χ0n) is 6.98. The first-order valence-electron chi connectivity index (χ1n) is 2.93. The van der Waals surface area contributed by atoms with Crippen molar-refractivity contribution < 1.29 is 25.2 Å². The molecule has 4 N–H and O–H groups in total. The fraction of sp³-hybridized carbons (Fsp3) is 0.833. The van der Waals surface area contributed by atoms with Gasteiger partial charge >= 0.3 is 0 Å². The van der Waals surface area contributed by atoms with Crippen molar-refractivity contribution in [3.63, 3.8) is 0 Å². The SMILES string of the molecule is CC(=O)O.CC(O)CO.CO. The molecule has 0 fully saturated rings. The van der Waals surface area contributed by atoms with E-state index >= 15 is 0 Å². The van der Waals surface area contributed by atoms with Crippen LogP contribution in [0.25, 0.3) is 0 Å². The highest BCUT2D eigenvalue weighted by molar-refractivity contribution is 5.62. The third-order valence-corrected chi connectivity index (χ3v) is 0.264. The molecule has 1 unspecified atom stereocenters. The molecule has 0 bridgehead atoms. The van der Waals surface area contributed by atoms with Crippen LogP contribution in [0.4, 0.5) is 0 Å². The van der Waals surface area contributed by atoms with Gasteiger partial charge in [0.2, 0.25) is 0 Å². The van der Waals surface area contributed by atoms with Gasteiger partial charge < -0.3 is 20.4 Å². The van der Waals surface area contributed by atoms with Gasteiger partial charge in [-0.3, -0.25) is 4.79 Å². The molecule has 0 aromatic carbocycles. The summed E-state index contributed by atoms with van der Waals surface area (Å²) in [5.41, 5.74) is 0. The maximum atomic E-state index is 9.00. The molecular formula is C6H16O5. The third kappa shape index (κ3) is 277. The molecule has 0 aliphatic carbocycles. The zero-order valence-corrected chi connectivity index (χ0v) is 6.98. The van der Waals surface area contributed by atoms with Crippen molar-refractivity contribution in [2.45, 2.75) is 20.0 Å². The van der Waals surface area contributed by atoms with Crippen LogP contribution in [0.15, 0.2) is 0 Å². The van der Waals surface area contributed by atoms with E-state index in [-0.39, 0.29) is 6.61 Å². The maximum Gasteiger partial charge on any atom is 0.300 e. The number of carboxylic acids is 1. The van der Waals surface area contributed by atoms with Gasteiger partial charge in [0.05, 0.1) is 12.7 Å². The summed E-state index contributed by atoms with van der Waals surface area (Å²) in [6.45, 7) is 2.47. The highest BCUT2D eigenvalue weighted by Crippen LogP contribution is 1.68. The van der Waals surface area contributed by atoms with Gasteiger partial charge in [-0.2, -0.15) is 0 Å². The second-order valence-electron chi connectivity index (χ2n) is 1.55. The quantitative estimate of drug-likeness (QED) is 0.405. The summed E-state index contributed by atoms with van der Waals surface area (Å²) in [4.78, 5) is 9.00. The Balaban J connectivity index is -0.0000000965. The third-order valence-electron chi connectivity index (χ3n) is 0.264. The fourth-order valence-corrected chi connectivity index (χ4v) is 0. The number of aliphatic hydroxyl groups excluding tert-OH is 3. The molecule has 5 heteroatoms. The summed E-state index contributed by atoms with van der Waals surface area (Å²) >= 11 is 0. The predicted octanol–water partition coefficient (Wildman–Crippen LogP) is -0.941. The predicted molar refractivity (Wildman–Crippen MR) is 40.2 cm³/mol. The van der Waals surface area contributed by atoms with Crippen LogP contribution in [0, 0.1) is 0 Å². The minimum atomic E-state index is -0.833. The van der Waals surface area contributed by atoms with E-state index in [1.165, 1.54) is 6.92 Å². The van der Waals surface area contributed by atoms with Crippen LogP contribution >= 0.6 is 0 Å². The Labute approximate surface area is 65.9 Å². The maximum absolute atomic E-state index is 9.00. The molecule has 0 rings (SSSR count). The zero-order chi connectivity index (χ0) is 9.86. The average molecular weight is 168 g/mol. The van der Waals surface area contributed by atoms with Crippen molar-refractivity contribution in [1.82, 2.24) is 0 Å². The van der Waals surface area contributed by atoms with E-state index in [0.717, 1.165) is 14.0 Å². The van der Waals surface area contributed by atoms with Crippen LogP contribution in [0.1, 0.15) is 13.8 Å². The van der Waals surface area contributed by atoms with Crippen molar-refractivity contribution in [1.29, 1.82) is 0 Å². The number of carboxylic acid groups (broad SMARTS) is 1. The Morgan fingerprint density at radius 1 is 1.45 bits per heavy atom. The van der Waals surface area contributed by atoms with Gasteiger partial charge in [0.1, 0.15) is 0 Å². The molecule has 0 aliphatic rings. The highest BCUT2D eigenvalue weighted by atomic mass is 16.4. The van der Waals surface area contributed by atoms with Crippen LogP contribution in [0.3, 0.4) is 0 Å². The summed E-state index contributed by atoms with van der Waals surface area (Å²) < 4.78 is 0. The van der Waals surface area contributed by atoms with E-state index < -0.39 is 12.1 Å². The number of carbonyl (C=O) groups is 1. The standard InChI is InChI=1S/C3H8O2.C2H4O2.CH4O/c1-3(5)2-4;1-2(3)4;1-2/h3-5H,2H2,1H3;1H3,(H,3,4);2H,1H3. The smallest absolute Gasteiger partial charge is 0.300 e. The summed E-state index contributed by atoms with van der Waals surface area (Å²) in [7, 11) is 1.00. The van der Waals surface area contributed by atoms with Crippen LogP contribution < -0.4 is 0 Å². The van der Waals surface area contributed by atoms with Gasteiger partial charge in [-0.05, 0) is 6.92 Å². The topological polar surface area (TPSA) is 98.0 Å². The lowest BCUT2D eigenvalue weighted by atomic mass is 10.5. The Bertz CT molecular complexity index is 67.4. The first kappa shape index (κ1) is 16.7. The van der Waals surface area contributed by atoms with E-state index in [1.807, 2.05) is 0 Å². The summed E-state index contributed by atoms with van der Waals surface area (Å²) in [5, 5.41) is 30.4. The molecule has 0 aliphatic heterocycles. The molecule has 70 valence electrons. The Hall–Kier alpha value is -0.650. The van der Waals surface area contributed by atoms with E-state index in [1.54, 1.807) is 0 Å². The fourth-order valence-electron chi connectivity index (χ4n) is 0. The highest BCUT2D eigenvalue weighted by Gasteiger charge is 1.83. The van der Waals surface area contributed by atoms with Gasteiger partial charge in [0.15, 0.2) is 0 Å². The molecule has 0 aromatic rings. The number of hydrogen-bond donors (Lipinski definition) is 4.